The first kappa shape index (κ1) is 10.5. The van der Waals surface area contributed by atoms with Gasteiger partial charge in [-0.1, -0.05) is 0 Å². The van der Waals surface area contributed by atoms with Gasteiger partial charge in [0.2, 0.25) is 5.91 Å². The molecule has 0 aromatic carbocycles. The molecule has 1 heterocycles. The Bertz CT molecular complexity index is 193. The predicted octanol–water partition coefficient (Wildman–Crippen LogP) is -0.504. The molecule has 0 bridgehead atoms. The minimum absolute atomic E-state index is 0.0245. The van der Waals surface area contributed by atoms with E-state index < -0.39 is 0 Å². The number of carbonyl (C=O) groups excluding carboxylic acids is 1. The van der Waals surface area contributed by atoms with Gasteiger partial charge in [0.15, 0.2) is 0 Å². The highest BCUT2D eigenvalue weighted by atomic mass is 16.2. The van der Waals surface area contributed by atoms with Gasteiger partial charge in [0.05, 0.1) is 6.04 Å². The van der Waals surface area contributed by atoms with Crippen LogP contribution in [0.2, 0.25) is 0 Å². The zero-order valence-electron chi connectivity index (χ0n) is 8.66. The second kappa shape index (κ2) is 4.07. The first-order valence-corrected chi connectivity index (χ1v) is 4.73. The van der Waals surface area contributed by atoms with E-state index in [4.69, 9.17) is 5.73 Å². The highest BCUT2D eigenvalue weighted by Gasteiger charge is 2.28. The summed E-state index contributed by atoms with van der Waals surface area (Å²) in [6.45, 7) is 3.74. The lowest BCUT2D eigenvalue weighted by Gasteiger charge is -2.25. The third-order valence-electron chi connectivity index (χ3n) is 2.60. The van der Waals surface area contributed by atoms with Crippen LogP contribution in [-0.2, 0) is 4.79 Å². The molecule has 1 aliphatic rings. The average molecular weight is 185 g/mol. The van der Waals surface area contributed by atoms with Crippen molar-refractivity contribution in [2.75, 3.05) is 27.2 Å². The normalized spacial score (nSPS) is 26.0. The summed E-state index contributed by atoms with van der Waals surface area (Å²) >= 11 is 0. The monoisotopic (exact) mass is 185 g/mol. The molecule has 1 amide bonds. The number of nitrogens with two attached hydrogens (primary N) is 1. The fourth-order valence-electron chi connectivity index (χ4n) is 1.70. The molecule has 4 heteroatoms. The van der Waals surface area contributed by atoms with Gasteiger partial charge >= 0.3 is 0 Å². The van der Waals surface area contributed by atoms with Crippen LogP contribution in [0, 0.1) is 0 Å². The van der Waals surface area contributed by atoms with E-state index in [0.717, 1.165) is 19.5 Å². The molecule has 1 fully saturated rings. The molecule has 1 unspecified atom stereocenters. The van der Waals surface area contributed by atoms with Crippen LogP contribution in [0.1, 0.15) is 13.3 Å². The van der Waals surface area contributed by atoms with Crippen molar-refractivity contribution in [2.24, 2.45) is 5.73 Å². The highest BCUT2D eigenvalue weighted by Crippen LogP contribution is 2.11. The zero-order chi connectivity index (χ0) is 10.0. The standard InChI is InChI=1S/C9H19N3O/c1-7(9(13)11(2)3)12-5-4-8(10)6-12/h7-8H,4-6,10H2,1-3H3/t7?,8-/m1/s1. The zero-order valence-corrected chi connectivity index (χ0v) is 8.66. The highest BCUT2D eigenvalue weighted by molar-refractivity contribution is 5.80. The van der Waals surface area contributed by atoms with Gasteiger partial charge in [0, 0.05) is 33.2 Å². The topological polar surface area (TPSA) is 49.6 Å². The molecule has 0 radical (unpaired) electrons. The van der Waals surface area contributed by atoms with Gasteiger partial charge in [-0.05, 0) is 13.3 Å². The molecule has 0 aliphatic carbocycles. The van der Waals surface area contributed by atoms with Crippen molar-refractivity contribution in [1.82, 2.24) is 9.80 Å². The Labute approximate surface area is 79.7 Å². The molecule has 0 spiro atoms. The molecule has 76 valence electrons. The summed E-state index contributed by atoms with van der Waals surface area (Å²) in [4.78, 5) is 15.4. The van der Waals surface area contributed by atoms with Gasteiger partial charge in [0.1, 0.15) is 0 Å². The summed E-state index contributed by atoms with van der Waals surface area (Å²) in [5.41, 5.74) is 5.77. The van der Waals surface area contributed by atoms with Crippen LogP contribution in [-0.4, -0.2) is 55.0 Å². The fourth-order valence-corrected chi connectivity index (χ4v) is 1.70. The number of likely N-dealkylation sites (tertiary alicyclic amines) is 1. The summed E-state index contributed by atoms with van der Waals surface area (Å²) in [7, 11) is 3.57. The second-order valence-corrected chi connectivity index (χ2v) is 3.95. The fraction of sp³-hybridized carbons (Fsp3) is 0.889. The average Bonchev–Trinajstić information content (AvgIpc) is 2.49. The maximum absolute atomic E-state index is 11.6. The van der Waals surface area contributed by atoms with Crippen LogP contribution in [0.15, 0.2) is 0 Å². The van der Waals surface area contributed by atoms with E-state index in [1.165, 1.54) is 0 Å². The van der Waals surface area contributed by atoms with E-state index in [2.05, 4.69) is 4.90 Å². The molecule has 13 heavy (non-hydrogen) atoms. The Morgan fingerprint density at radius 2 is 2.23 bits per heavy atom. The molecule has 0 saturated carbocycles. The van der Waals surface area contributed by atoms with E-state index in [9.17, 15) is 4.79 Å². The minimum Gasteiger partial charge on any atom is -0.347 e. The van der Waals surface area contributed by atoms with Crippen molar-refractivity contribution >= 4 is 5.91 Å². The third kappa shape index (κ3) is 2.42. The molecule has 2 atom stereocenters. The summed E-state index contributed by atoms with van der Waals surface area (Å²) < 4.78 is 0. The van der Waals surface area contributed by atoms with Gasteiger partial charge in [-0.25, -0.2) is 0 Å². The molecule has 1 rings (SSSR count). The summed E-state index contributed by atoms with van der Waals surface area (Å²) in [6, 6.07) is 0.223. The Morgan fingerprint density at radius 3 is 2.62 bits per heavy atom. The summed E-state index contributed by atoms with van der Waals surface area (Å²) in [5.74, 6) is 0.161. The molecule has 0 aromatic heterocycles. The maximum atomic E-state index is 11.6. The van der Waals surface area contributed by atoms with Crippen LogP contribution < -0.4 is 5.73 Å². The van der Waals surface area contributed by atoms with Crippen LogP contribution in [0.4, 0.5) is 0 Å². The molecule has 4 nitrogen and oxygen atoms in total. The Hall–Kier alpha value is -0.610. The lowest BCUT2D eigenvalue weighted by Crippen LogP contribution is -2.44. The van der Waals surface area contributed by atoms with E-state index in [0.29, 0.717) is 0 Å². The minimum atomic E-state index is -0.0245. The van der Waals surface area contributed by atoms with Gasteiger partial charge < -0.3 is 10.6 Å². The predicted molar refractivity (Wildman–Crippen MR) is 52.3 cm³/mol. The Balaban J connectivity index is 2.48. The third-order valence-corrected chi connectivity index (χ3v) is 2.60. The van der Waals surface area contributed by atoms with Crippen LogP contribution >= 0.6 is 0 Å². The van der Waals surface area contributed by atoms with Gasteiger partial charge in [-0.3, -0.25) is 9.69 Å². The van der Waals surface area contributed by atoms with Crippen molar-refractivity contribution in [3.8, 4) is 0 Å². The van der Waals surface area contributed by atoms with E-state index in [1.807, 2.05) is 6.92 Å². The Kier molecular flexibility index (Phi) is 3.27. The maximum Gasteiger partial charge on any atom is 0.239 e. The first-order valence-electron chi connectivity index (χ1n) is 4.73. The number of hydrogen-bond acceptors (Lipinski definition) is 3. The lowest BCUT2D eigenvalue weighted by atomic mass is 10.2. The first-order chi connectivity index (χ1) is 6.02. The molecular formula is C9H19N3O. The molecule has 1 aliphatic heterocycles. The van der Waals surface area contributed by atoms with Crippen molar-refractivity contribution in [1.29, 1.82) is 0 Å². The van der Waals surface area contributed by atoms with E-state index in [1.54, 1.807) is 19.0 Å². The Morgan fingerprint density at radius 1 is 1.62 bits per heavy atom. The van der Waals surface area contributed by atoms with Gasteiger partial charge in [0.25, 0.3) is 0 Å². The van der Waals surface area contributed by atoms with Gasteiger partial charge in [-0.15, -0.1) is 0 Å². The van der Waals surface area contributed by atoms with Crippen molar-refractivity contribution in [3.05, 3.63) is 0 Å². The smallest absolute Gasteiger partial charge is 0.239 e. The van der Waals surface area contributed by atoms with Crippen molar-refractivity contribution < 1.29 is 4.79 Å². The quantitative estimate of drug-likeness (QED) is 0.631. The van der Waals surface area contributed by atoms with Crippen molar-refractivity contribution in [2.45, 2.75) is 25.4 Å². The number of likely N-dealkylation sites (N-methyl/N-ethyl adjacent to an activating group) is 1. The number of rotatable bonds is 2. The van der Waals surface area contributed by atoms with Crippen LogP contribution in [0.25, 0.3) is 0 Å². The summed E-state index contributed by atoms with van der Waals surface area (Å²) in [6.07, 6.45) is 1.01. The number of carbonyl (C=O) groups is 1. The molecule has 2 N–H and O–H groups in total. The van der Waals surface area contributed by atoms with Crippen LogP contribution in [0.5, 0.6) is 0 Å². The van der Waals surface area contributed by atoms with E-state index >= 15 is 0 Å². The number of hydrogen-bond donors (Lipinski definition) is 1. The van der Waals surface area contributed by atoms with Gasteiger partial charge in [-0.2, -0.15) is 0 Å². The molecule has 1 saturated heterocycles. The SMILES string of the molecule is CC(C(=O)N(C)C)N1CC[C@@H](N)C1. The number of amides is 1. The van der Waals surface area contributed by atoms with E-state index in [-0.39, 0.29) is 18.0 Å². The second-order valence-electron chi connectivity index (χ2n) is 3.95. The summed E-state index contributed by atoms with van der Waals surface area (Å²) in [5, 5.41) is 0. The number of nitrogens with zero attached hydrogens (tertiary/aromatic N) is 2. The molecular weight excluding hydrogens is 166 g/mol. The van der Waals surface area contributed by atoms with Crippen LogP contribution in [0.3, 0.4) is 0 Å². The van der Waals surface area contributed by atoms with Crippen molar-refractivity contribution in [3.63, 3.8) is 0 Å². The largest absolute Gasteiger partial charge is 0.347 e. The lowest BCUT2D eigenvalue weighted by molar-refractivity contribution is -0.133. The molecule has 0 aromatic rings.